The maximum absolute atomic E-state index is 9.49. The van der Waals surface area contributed by atoms with Crippen LogP contribution in [0.1, 0.15) is 43.7 Å². The fourth-order valence-electron chi connectivity index (χ4n) is 3.02. The first-order chi connectivity index (χ1) is 9.67. The summed E-state index contributed by atoms with van der Waals surface area (Å²) < 4.78 is 0. The minimum absolute atomic E-state index is 0.280. The van der Waals surface area contributed by atoms with Crippen LogP contribution in [0.15, 0.2) is 24.3 Å². The molecule has 20 heavy (non-hydrogen) atoms. The lowest BCUT2D eigenvalue weighted by Crippen LogP contribution is -2.48. The molecule has 0 aromatic heterocycles. The molecule has 3 heteroatoms. The Bertz CT molecular complexity index is 476. The van der Waals surface area contributed by atoms with E-state index in [1.165, 1.54) is 17.5 Å². The zero-order valence-corrected chi connectivity index (χ0v) is 13.3. The zero-order valence-electron chi connectivity index (χ0n) is 12.5. The van der Waals surface area contributed by atoms with Crippen molar-refractivity contribution in [1.82, 2.24) is 5.32 Å². The first-order valence-corrected chi connectivity index (χ1v) is 8.56. The molecule has 0 spiro atoms. The largest absolute Gasteiger partial charge is 0.300 e. The van der Waals surface area contributed by atoms with Gasteiger partial charge in [0.15, 0.2) is 0 Å². The number of nitriles is 1. The maximum atomic E-state index is 9.49. The van der Waals surface area contributed by atoms with E-state index in [1.54, 1.807) is 0 Å². The van der Waals surface area contributed by atoms with Crippen LogP contribution < -0.4 is 5.32 Å². The molecule has 1 aromatic carbocycles. The van der Waals surface area contributed by atoms with Crippen molar-refractivity contribution in [1.29, 1.82) is 5.26 Å². The Morgan fingerprint density at radius 3 is 3.05 bits per heavy atom. The number of thioether (sulfide) groups is 1. The van der Waals surface area contributed by atoms with E-state index >= 15 is 0 Å². The summed E-state index contributed by atoms with van der Waals surface area (Å²) >= 11 is 2.01. The van der Waals surface area contributed by atoms with E-state index in [9.17, 15) is 5.26 Å². The molecule has 2 rings (SSSR count). The van der Waals surface area contributed by atoms with Crippen LogP contribution in [0, 0.1) is 18.3 Å². The Balaban J connectivity index is 1.91. The Kier molecular flexibility index (Phi) is 5.51. The number of rotatable bonds is 5. The molecule has 1 fully saturated rings. The molecule has 0 amide bonds. The van der Waals surface area contributed by atoms with Crippen molar-refractivity contribution < 1.29 is 0 Å². The number of nitrogens with one attached hydrogen (secondary N) is 1. The average Bonchev–Trinajstić information content (AvgIpc) is 2.46. The Labute approximate surface area is 127 Å². The fourth-order valence-corrected chi connectivity index (χ4v) is 4.37. The standard InChI is InChI=1S/C17H24N2S/c1-3-19-17(13-18)9-5-8-16(11-17)20-12-15-7-4-6-14(2)10-15/h4,6-7,10,16,19H,3,5,8-9,11-12H2,1-2H3. The SMILES string of the molecule is CCNC1(C#N)CCCC(SCc2cccc(C)c2)C1. The highest BCUT2D eigenvalue weighted by molar-refractivity contribution is 7.99. The summed E-state index contributed by atoms with van der Waals surface area (Å²) in [5.41, 5.74) is 2.44. The van der Waals surface area contributed by atoms with Gasteiger partial charge in [-0.2, -0.15) is 17.0 Å². The van der Waals surface area contributed by atoms with Crippen molar-refractivity contribution in [3.63, 3.8) is 0 Å². The van der Waals surface area contributed by atoms with Gasteiger partial charge in [0.25, 0.3) is 0 Å². The van der Waals surface area contributed by atoms with E-state index in [4.69, 9.17) is 0 Å². The first kappa shape index (κ1) is 15.4. The molecule has 1 aliphatic rings. The molecule has 2 atom stereocenters. The molecular formula is C17H24N2S. The molecule has 2 unspecified atom stereocenters. The second kappa shape index (κ2) is 7.15. The van der Waals surface area contributed by atoms with Gasteiger partial charge in [0.1, 0.15) is 5.54 Å². The smallest absolute Gasteiger partial charge is 0.107 e. The molecular weight excluding hydrogens is 264 g/mol. The Morgan fingerprint density at radius 1 is 1.50 bits per heavy atom. The van der Waals surface area contributed by atoms with Crippen molar-refractivity contribution >= 4 is 11.8 Å². The second-order valence-corrected chi connectivity index (χ2v) is 7.03. The lowest BCUT2D eigenvalue weighted by Gasteiger charge is -2.36. The summed E-state index contributed by atoms with van der Waals surface area (Å²) in [6.45, 7) is 5.10. The van der Waals surface area contributed by atoms with Gasteiger partial charge in [-0.1, -0.05) is 36.8 Å². The van der Waals surface area contributed by atoms with Gasteiger partial charge in [0.2, 0.25) is 0 Å². The zero-order chi connectivity index (χ0) is 14.4. The topological polar surface area (TPSA) is 35.8 Å². The molecule has 1 aliphatic carbocycles. The van der Waals surface area contributed by atoms with Gasteiger partial charge in [-0.15, -0.1) is 0 Å². The van der Waals surface area contributed by atoms with Crippen molar-refractivity contribution in [3.05, 3.63) is 35.4 Å². The third kappa shape index (κ3) is 4.01. The van der Waals surface area contributed by atoms with Gasteiger partial charge in [0.05, 0.1) is 6.07 Å². The van der Waals surface area contributed by atoms with Gasteiger partial charge in [-0.05, 0) is 44.7 Å². The molecule has 1 aromatic rings. The summed E-state index contributed by atoms with van der Waals surface area (Å²) in [6.07, 6.45) is 4.38. The Hall–Kier alpha value is -0.980. The lowest BCUT2D eigenvalue weighted by molar-refractivity contribution is 0.309. The van der Waals surface area contributed by atoms with Crippen LogP contribution >= 0.6 is 11.8 Å². The van der Waals surface area contributed by atoms with E-state index < -0.39 is 0 Å². The molecule has 0 bridgehead atoms. The quantitative estimate of drug-likeness (QED) is 0.888. The van der Waals surface area contributed by atoms with Gasteiger partial charge in [0, 0.05) is 11.0 Å². The van der Waals surface area contributed by atoms with E-state index in [1.807, 2.05) is 11.8 Å². The maximum Gasteiger partial charge on any atom is 0.107 e. The summed E-state index contributed by atoms with van der Waals surface area (Å²) in [4.78, 5) is 0. The van der Waals surface area contributed by atoms with Gasteiger partial charge in [-0.3, -0.25) is 5.32 Å². The van der Waals surface area contributed by atoms with Crippen LogP contribution in [-0.4, -0.2) is 17.3 Å². The van der Waals surface area contributed by atoms with Crippen LogP contribution in [0.5, 0.6) is 0 Å². The summed E-state index contributed by atoms with van der Waals surface area (Å²) in [5.74, 6) is 1.06. The highest BCUT2D eigenvalue weighted by Crippen LogP contribution is 2.36. The minimum atomic E-state index is -0.280. The summed E-state index contributed by atoms with van der Waals surface area (Å²) in [7, 11) is 0. The fraction of sp³-hybridized carbons (Fsp3) is 0.588. The molecule has 2 nitrogen and oxygen atoms in total. The van der Waals surface area contributed by atoms with E-state index in [0.29, 0.717) is 5.25 Å². The van der Waals surface area contributed by atoms with Crippen LogP contribution in [0.3, 0.4) is 0 Å². The van der Waals surface area contributed by atoms with Gasteiger partial charge in [-0.25, -0.2) is 0 Å². The summed E-state index contributed by atoms with van der Waals surface area (Å²) in [5, 5.41) is 13.5. The third-order valence-corrected chi connectivity index (χ3v) is 5.38. The van der Waals surface area contributed by atoms with Gasteiger partial charge >= 0.3 is 0 Å². The number of hydrogen-bond donors (Lipinski definition) is 1. The molecule has 108 valence electrons. The number of aryl methyl sites for hydroxylation is 1. The van der Waals surface area contributed by atoms with Crippen molar-refractivity contribution in [2.75, 3.05) is 6.54 Å². The second-order valence-electron chi connectivity index (χ2n) is 5.74. The molecule has 0 saturated heterocycles. The molecule has 1 N–H and O–H groups in total. The predicted octanol–water partition coefficient (Wildman–Crippen LogP) is 4.04. The first-order valence-electron chi connectivity index (χ1n) is 7.51. The average molecular weight is 288 g/mol. The van der Waals surface area contributed by atoms with Crippen LogP contribution in [-0.2, 0) is 5.75 Å². The Morgan fingerprint density at radius 2 is 2.35 bits per heavy atom. The number of hydrogen-bond acceptors (Lipinski definition) is 3. The molecule has 0 heterocycles. The molecule has 0 aliphatic heterocycles. The number of benzene rings is 1. The van der Waals surface area contributed by atoms with E-state index in [0.717, 1.165) is 31.6 Å². The third-order valence-electron chi connectivity index (χ3n) is 4.00. The van der Waals surface area contributed by atoms with E-state index in [-0.39, 0.29) is 5.54 Å². The lowest BCUT2D eigenvalue weighted by atomic mass is 9.82. The van der Waals surface area contributed by atoms with Crippen LogP contribution in [0.4, 0.5) is 0 Å². The molecule has 1 saturated carbocycles. The monoisotopic (exact) mass is 288 g/mol. The predicted molar refractivity (Wildman–Crippen MR) is 86.8 cm³/mol. The highest BCUT2D eigenvalue weighted by Gasteiger charge is 2.35. The molecule has 0 radical (unpaired) electrons. The highest BCUT2D eigenvalue weighted by atomic mass is 32.2. The van der Waals surface area contributed by atoms with Crippen LogP contribution in [0.25, 0.3) is 0 Å². The van der Waals surface area contributed by atoms with E-state index in [2.05, 4.69) is 49.5 Å². The normalized spacial score (nSPS) is 26.1. The van der Waals surface area contributed by atoms with Crippen molar-refractivity contribution in [2.24, 2.45) is 0 Å². The van der Waals surface area contributed by atoms with Crippen LogP contribution in [0.2, 0.25) is 0 Å². The minimum Gasteiger partial charge on any atom is -0.300 e. The van der Waals surface area contributed by atoms with Gasteiger partial charge < -0.3 is 0 Å². The van der Waals surface area contributed by atoms with Crippen molar-refractivity contribution in [3.8, 4) is 6.07 Å². The number of nitrogens with zero attached hydrogens (tertiary/aromatic N) is 1. The summed E-state index contributed by atoms with van der Waals surface area (Å²) in [6, 6.07) is 11.3. The van der Waals surface area contributed by atoms with Crippen molar-refractivity contribution in [2.45, 2.75) is 56.1 Å².